The monoisotopic (exact) mass is 204 g/mol. The second-order valence-corrected chi connectivity index (χ2v) is 9.55. The molecule has 0 spiro atoms. The Morgan fingerprint density at radius 2 is 1.86 bits per heavy atom. The predicted octanol–water partition coefficient (Wildman–Crippen LogP) is 2.87. The van der Waals surface area contributed by atoms with Gasteiger partial charge >= 0.3 is 0 Å². The van der Waals surface area contributed by atoms with Crippen LogP contribution in [0.1, 0.15) is 32.8 Å². The van der Waals surface area contributed by atoms with Crippen LogP contribution in [0.2, 0.25) is 11.1 Å². The van der Waals surface area contributed by atoms with E-state index in [9.17, 15) is 0 Å². The third-order valence-corrected chi connectivity index (χ3v) is 7.81. The van der Waals surface area contributed by atoms with E-state index in [4.69, 9.17) is 0 Å². The smallest absolute Gasteiger partial charge is 0.0630 e. The Balaban J connectivity index is 2.41. The van der Waals surface area contributed by atoms with Gasteiger partial charge in [0.05, 0.1) is 8.80 Å². The Bertz CT molecular complexity index is 322. The molecule has 0 amide bonds. The van der Waals surface area contributed by atoms with E-state index in [1.807, 2.05) is 0 Å². The van der Waals surface area contributed by atoms with Gasteiger partial charge in [-0.2, -0.15) is 0 Å². The van der Waals surface area contributed by atoms with Crippen molar-refractivity contribution in [3.8, 4) is 0 Å². The lowest BCUT2D eigenvalue weighted by atomic mass is 10.1. The highest BCUT2D eigenvalue weighted by Crippen LogP contribution is 2.32. The first-order valence-electron chi connectivity index (χ1n) is 5.67. The van der Waals surface area contributed by atoms with Crippen molar-refractivity contribution in [2.24, 2.45) is 0 Å². The Labute approximate surface area is 89.0 Å². The van der Waals surface area contributed by atoms with Gasteiger partial charge < -0.3 is 0 Å². The minimum atomic E-state index is -0.712. The summed E-state index contributed by atoms with van der Waals surface area (Å²) in [5.74, 6) is 0. The van der Waals surface area contributed by atoms with Crippen molar-refractivity contribution in [3.05, 3.63) is 29.8 Å². The SMILES string of the molecule is CC(C)(C)[Si@@H]1CCCc2ccccc21. The third kappa shape index (κ3) is 1.78. The Morgan fingerprint density at radius 3 is 2.57 bits per heavy atom. The molecule has 14 heavy (non-hydrogen) atoms. The summed E-state index contributed by atoms with van der Waals surface area (Å²) < 4.78 is 0. The Morgan fingerprint density at radius 1 is 1.14 bits per heavy atom. The normalized spacial score (nSPS) is 21.8. The molecule has 1 heteroatoms. The maximum atomic E-state index is 2.42. The molecule has 0 fully saturated rings. The van der Waals surface area contributed by atoms with E-state index in [0.29, 0.717) is 5.04 Å². The zero-order chi connectivity index (χ0) is 10.2. The van der Waals surface area contributed by atoms with Gasteiger partial charge in [0, 0.05) is 0 Å². The largest absolute Gasteiger partial charge is 0.0765 e. The number of rotatable bonds is 0. The Kier molecular flexibility index (Phi) is 2.52. The van der Waals surface area contributed by atoms with Crippen molar-refractivity contribution >= 4 is 14.0 Å². The maximum absolute atomic E-state index is 2.42. The van der Waals surface area contributed by atoms with E-state index in [2.05, 4.69) is 45.0 Å². The third-order valence-electron chi connectivity index (χ3n) is 3.41. The number of benzene rings is 1. The van der Waals surface area contributed by atoms with Crippen LogP contribution in [0.25, 0.3) is 0 Å². The molecule has 0 radical (unpaired) electrons. The van der Waals surface area contributed by atoms with Gasteiger partial charge in [-0.3, -0.25) is 0 Å². The van der Waals surface area contributed by atoms with Gasteiger partial charge in [0.15, 0.2) is 0 Å². The molecule has 0 N–H and O–H groups in total. The van der Waals surface area contributed by atoms with E-state index in [1.54, 1.807) is 10.8 Å². The average molecular weight is 204 g/mol. The van der Waals surface area contributed by atoms with E-state index in [0.717, 1.165) is 0 Å². The summed E-state index contributed by atoms with van der Waals surface area (Å²) in [6.45, 7) is 7.27. The van der Waals surface area contributed by atoms with Gasteiger partial charge in [0.1, 0.15) is 0 Å². The number of hydrogen-bond donors (Lipinski definition) is 0. The van der Waals surface area contributed by atoms with Gasteiger partial charge in [0.2, 0.25) is 0 Å². The first-order chi connectivity index (χ1) is 6.59. The second-order valence-electron chi connectivity index (χ2n) is 5.51. The van der Waals surface area contributed by atoms with Crippen molar-refractivity contribution in [3.63, 3.8) is 0 Å². The summed E-state index contributed by atoms with van der Waals surface area (Å²) in [6, 6.07) is 10.6. The second kappa shape index (κ2) is 3.54. The molecule has 1 aliphatic rings. The molecular formula is C13H20Si. The summed E-state index contributed by atoms with van der Waals surface area (Å²) in [4.78, 5) is 0. The molecule has 1 heterocycles. The first-order valence-corrected chi connectivity index (χ1v) is 7.64. The molecule has 0 saturated carbocycles. The molecule has 1 atom stereocenters. The molecule has 0 saturated heterocycles. The number of hydrogen-bond acceptors (Lipinski definition) is 0. The van der Waals surface area contributed by atoms with Crippen LogP contribution in [0.5, 0.6) is 0 Å². The summed E-state index contributed by atoms with van der Waals surface area (Å²) >= 11 is 0. The van der Waals surface area contributed by atoms with Crippen LogP contribution in [-0.4, -0.2) is 8.80 Å². The van der Waals surface area contributed by atoms with Gasteiger partial charge in [-0.05, 0) is 17.0 Å². The van der Waals surface area contributed by atoms with Gasteiger partial charge in [-0.25, -0.2) is 0 Å². The van der Waals surface area contributed by atoms with Crippen LogP contribution >= 0.6 is 0 Å². The standard InChI is InChI=1S/C13H20Si/c1-13(2,3)14-10-6-8-11-7-4-5-9-12(11)14/h4-5,7,9,14H,6,8,10H2,1-3H3/t14-/m1/s1. The maximum Gasteiger partial charge on any atom is 0.0765 e. The average Bonchev–Trinajstić information content (AvgIpc) is 2.15. The minimum Gasteiger partial charge on any atom is -0.0630 e. The van der Waals surface area contributed by atoms with Crippen molar-refractivity contribution in [1.82, 2.24) is 0 Å². The topological polar surface area (TPSA) is 0 Å². The van der Waals surface area contributed by atoms with E-state index in [1.165, 1.54) is 18.9 Å². The molecule has 0 aromatic heterocycles. The summed E-state index contributed by atoms with van der Waals surface area (Å²) in [7, 11) is -0.712. The highest BCUT2D eigenvalue weighted by molar-refractivity contribution is 6.76. The predicted molar refractivity (Wildman–Crippen MR) is 66.1 cm³/mol. The van der Waals surface area contributed by atoms with Crippen molar-refractivity contribution in [2.75, 3.05) is 0 Å². The zero-order valence-electron chi connectivity index (χ0n) is 9.51. The van der Waals surface area contributed by atoms with Crippen LogP contribution in [0.15, 0.2) is 24.3 Å². The minimum absolute atomic E-state index is 0.552. The van der Waals surface area contributed by atoms with Crippen LogP contribution in [0.4, 0.5) is 0 Å². The van der Waals surface area contributed by atoms with E-state index in [-0.39, 0.29) is 0 Å². The molecule has 1 aromatic rings. The van der Waals surface area contributed by atoms with Gasteiger partial charge in [0.25, 0.3) is 0 Å². The molecular weight excluding hydrogens is 184 g/mol. The van der Waals surface area contributed by atoms with Crippen molar-refractivity contribution in [2.45, 2.75) is 44.7 Å². The highest BCUT2D eigenvalue weighted by Gasteiger charge is 2.31. The molecule has 0 unspecified atom stereocenters. The summed E-state index contributed by atoms with van der Waals surface area (Å²) in [6.07, 6.45) is 2.74. The van der Waals surface area contributed by atoms with Crippen LogP contribution in [0, 0.1) is 0 Å². The lowest BCUT2D eigenvalue weighted by molar-refractivity contribution is 0.722. The van der Waals surface area contributed by atoms with E-state index >= 15 is 0 Å². The van der Waals surface area contributed by atoms with Gasteiger partial charge in [-0.15, -0.1) is 0 Å². The molecule has 76 valence electrons. The molecule has 2 rings (SSSR count). The van der Waals surface area contributed by atoms with Crippen LogP contribution < -0.4 is 5.19 Å². The fraction of sp³-hybridized carbons (Fsp3) is 0.538. The highest BCUT2D eigenvalue weighted by atomic mass is 28.3. The lowest BCUT2D eigenvalue weighted by Crippen LogP contribution is -2.43. The van der Waals surface area contributed by atoms with Crippen LogP contribution in [-0.2, 0) is 6.42 Å². The van der Waals surface area contributed by atoms with Crippen molar-refractivity contribution < 1.29 is 0 Å². The Hall–Kier alpha value is -0.563. The van der Waals surface area contributed by atoms with Crippen molar-refractivity contribution in [1.29, 1.82) is 0 Å². The van der Waals surface area contributed by atoms with Gasteiger partial charge in [-0.1, -0.05) is 62.7 Å². The fourth-order valence-electron chi connectivity index (χ4n) is 2.65. The number of fused-ring (bicyclic) bond motifs is 1. The molecule has 1 aliphatic heterocycles. The summed E-state index contributed by atoms with van der Waals surface area (Å²) in [5.41, 5.74) is 1.64. The summed E-state index contributed by atoms with van der Waals surface area (Å²) in [5, 5.41) is 2.29. The van der Waals surface area contributed by atoms with E-state index < -0.39 is 8.80 Å². The lowest BCUT2D eigenvalue weighted by Gasteiger charge is -2.34. The zero-order valence-corrected chi connectivity index (χ0v) is 10.7. The first kappa shape index (κ1) is 9.97. The van der Waals surface area contributed by atoms with Crippen LogP contribution in [0.3, 0.4) is 0 Å². The molecule has 0 nitrogen and oxygen atoms in total. The fourth-order valence-corrected chi connectivity index (χ4v) is 6.41. The number of aryl methyl sites for hydroxylation is 1. The molecule has 1 aromatic carbocycles. The molecule has 0 aliphatic carbocycles. The molecule has 0 bridgehead atoms. The quantitative estimate of drug-likeness (QED) is 0.570.